The molecule has 0 aliphatic rings. The van der Waals surface area contributed by atoms with Crippen LogP contribution in [0.1, 0.15) is 35.8 Å². The number of nitrogens with zero attached hydrogens (tertiary/aromatic N) is 4. The number of aryl methyl sites for hydroxylation is 2. The second kappa shape index (κ2) is 5.37. The van der Waals surface area contributed by atoms with Crippen molar-refractivity contribution >= 4 is 11.3 Å². The molecule has 1 atom stereocenters. The van der Waals surface area contributed by atoms with Crippen LogP contribution in [-0.4, -0.2) is 26.5 Å². The van der Waals surface area contributed by atoms with E-state index in [1.165, 1.54) is 0 Å². The van der Waals surface area contributed by atoms with Crippen LogP contribution in [0.4, 0.5) is 0 Å². The molecule has 2 heterocycles. The van der Waals surface area contributed by atoms with Crippen LogP contribution in [0, 0.1) is 6.92 Å². The molecule has 0 amide bonds. The average Bonchev–Trinajstić information content (AvgIpc) is 2.90. The minimum atomic E-state index is 0.0832. The molecule has 0 aromatic carbocycles. The van der Waals surface area contributed by atoms with Gasteiger partial charge in [0.1, 0.15) is 0 Å². The summed E-state index contributed by atoms with van der Waals surface area (Å²) in [5.74, 6) is 0. The lowest BCUT2D eigenvalue weighted by Gasteiger charge is -2.15. The highest BCUT2D eigenvalue weighted by atomic mass is 32.1. The summed E-state index contributed by atoms with van der Waals surface area (Å²) in [6.07, 6.45) is 2.88. The van der Waals surface area contributed by atoms with Crippen molar-refractivity contribution in [1.82, 2.24) is 25.3 Å². The molecule has 0 saturated carbocycles. The lowest BCUT2D eigenvalue weighted by molar-refractivity contribution is 0.542. The van der Waals surface area contributed by atoms with Crippen LogP contribution in [0.3, 0.4) is 0 Å². The first kappa shape index (κ1) is 12.2. The minimum Gasteiger partial charge on any atom is -0.304 e. The third-order valence-electron chi connectivity index (χ3n) is 2.58. The number of rotatable bonds is 5. The van der Waals surface area contributed by atoms with E-state index in [0.29, 0.717) is 0 Å². The molecule has 2 aromatic rings. The van der Waals surface area contributed by atoms with Crippen LogP contribution in [-0.2, 0) is 7.05 Å². The van der Waals surface area contributed by atoms with E-state index in [1.54, 1.807) is 22.2 Å². The Balaban J connectivity index is 2.28. The Hall–Kier alpha value is -1.27. The fraction of sp³-hybridized carbons (Fsp3) is 0.545. The summed E-state index contributed by atoms with van der Waals surface area (Å²) < 4.78 is 1.79. The lowest BCUT2D eigenvalue weighted by atomic mass is 10.1. The Morgan fingerprint density at radius 1 is 1.53 bits per heavy atom. The number of nitrogens with one attached hydrogen (secondary N) is 1. The second-order valence-electron chi connectivity index (χ2n) is 3.96. The Bertz CT molecular complexity index is 476. The highest BCUT2D eigenvalue weighted by Gasteiger charge is 2.19. The third kappa shape index (κ3) is 2.70. The van der Waals surface area contributed by atoms with Crippen molar-refractivity contribution in [1.29, 1.82) is 0 Å². The fourth-order valence-electron chi connectivity index (χ4n) is 1.72. The van der Waals surface area contributed by atoms with Gasteiger partial charge in [-0.25, -0.2) is 4.98 Å². The van der Waals surface area contributed by atoms with Crippen LogP contribution < -0.4 is 5.32 Å². The van der Waals surface area contributed by atoms with E-state index in [1.807, 2.05) is 14.0 Å². The predicted octanol–water partition coefficient (Wildman–Crippen LogP) is 1.67. The molecule has 2 aromatic heterocycles. The molecule has 0 bridgehead atoms. The molecule has 5 nitrogen and oxygen atoms in total. The molecule has 0 aliphatic carbocycles. The molecule has 2 rings (SSSR count). The largest absolute Gasteiger partial charge is 0.304 e. The standard InChI is InChI=1S/C11H17N5S/c1-4-5-12-11(9-7-17-8(2)14-9)10-6-13-15-16(10)3/h6-7,11-12H,4-5H2,1-3H3. The molecule has 92 valence electrons. The van der Waals surface area contributed by atoms with E-state index < -0.39 is 0 Å². The van der Waals surface area contributed by atoms with E-state index in [4.69, 9.17) is 0 Å². The van der Waals surface area contributed by atoms with Crippen molar-refractivity contribution in [3.8, 4) is 0 Å². The van der Waals surface area contributed by atoms with Gasteiger partial charge in [-0.05, 0) is 19.9 Å². The SMILES string of the molecule is CCCNC(c1csc(C)n1)c1cnnn1C. The summed E-state index contributed by atoms with van der Waals surface area (Å²) >= 11 is 1.67. The van der Waals surface area contributed by atoms with Gasteiger partial charge in [0, 0.05) is 12.4 Å². The zero-order chi connectivity index (χ0) is 12.3. The van der Waals surface area contributed by atoms with Crippen molar-refractivity contribution in [2.45, 2.75) is 26.3 Å². The van der Waals surface area contributed by atoms with Gasteiger partial charge in [0.05, 0.1) is 28.6 Å². The summed E-state index contributed by atoms with van der Waals surface area (Å²) in [4.78, 5) is 4.55. The molecule has 1 N–H and O–H groups in total. The van der Waals surface area contributed by atoms with Gasteiger partial charge in [0.15, 0.2) is 0 Å². The molecule has 1 unspecified atom stereocenters. The van der Waals surface area contributed by atoms with Gasteiger partial charge in [-0.1, -0.05) is 12.1 Å². The topological polar surface area (TPSA) is 55.6 Å². The van der Waals surface area contributed by atoms with E-state index in [-0.39, 0.29) is 6.04 Å². The summed E-state index contributed by atoms with van der Waals surface area (Å²) in [6.45, 7) is 5.12. The van der Waals surface area contributed by atoms with Crippen molar-refractivity contribution < 1.29 is 0 Å². The first-order valence-electron chi connectivity index (χ1n) is 5.72. The van der Waals surface area contributed by atoms with Gasteiger partial charge in [-0.2, -0.15) is 0 Å². The van der Waals surface area contributed by atoms with E-state index in [9.17, 15) is 0 Å². The van der Waals surface area contributed by atoms with Crippen LogP contribution in [0.5, 0.6) is 0 Å². The number of hydrogen-bond donors (Lipinski definition) is 1. The van der Waals surface area contributed by atoms with Crippen LogP contribution in [0.2, 0.25) is 0 Å². The van der Waals surface area contributed by atoms with Crippen molar-refractivity contribution in [3.63, 3.8) is 0 Å². The normalized spacial score (nSPS) is 12.9. The van der Waals surface area contributed by atoms with Crippen LogP contribution in [0.15, 0.2) is 11.6 Å². The van der Waals surface area contributed by atoms with Gasteiger partial charge in [0.2, 0.25) is 0 Å². The Morgan fingerprint density at radius 2 is 2.35 bits per heavy atom. The number of aromatic nitrogens is 4. The van der Waals surface area contributed by atoms with Gasteiger partial charge in [-0.15, -0.1) is 16.4 Å². The van der Waals surface area contributed by atoms with E-state index in [0.717, 1.165) is 29.4 Å². The Morgan fingerprint density at radius 3 is 2.88 bits per heavy atom. The molecule has 0 aliphatic heterocycles. The van der Waals surface area contributed by atoms with Gasteiger partial charge in [-0.3, -0.25) is 4.68 Å². The van der Waals surface area contributed by atoms with Gasteiger partial charge < -0.3 is 5.32 Å². The predicted molar refractivity (Wildman–Crippen MR) is 68.0 cm³/mol. The van der Waals surface area contributed by atoms with Crippen LogP contribution in [0.25, 0.3) is 0 Å². The molecule has 6 heteroatoms. The molecule has 0 spiro atoms. The summed E-state index contributed by atoms with van der Waals surface area (Å²) in [5, 5.41) is 14.6. The molecular formula is C11H17N5S. The van der Waals surface area contributed by atoms with Crippen molar-refractivity contribution in [3.05, 3.63) is 28.0 Å². The molecular weight excluding hydrogens is 234 g/mol. The lowest BCUT2D eigenvalue weighted by Crippen LogP contribution is -2.25. The van der Waals surface area contributed by atoms with E-state index in [2.05, 4.69) is 32.9 Å². The second-order valence-corrected chi connectivity index (χ2v) is 5.02. The first-order valence-corrected chi connectivity index (χ1v) is 6.60. The minimum absolute atomic E-state index is 0.0832. The average molecular weight is 251 g/mol. The summed E-state index contributed by atoms with van der Waals surface area (Å²) in [6, 6.07) is 0.0832. The molecule has 0 radical (unpaired) electrons. The van der Waals surface area contributed by atoms with Crippen molar-refractivity contribution in [2.24, 2.45) is 7.05 Å². The molecule has 0 saturated heterocycles. The monoisotopic (exact) mass is 251 g/mol. The quantitative estimate of drug-likeness (QED) is 0.878. The number of hydrogen-bond acceptors (Lipinski definition) is 5. The fourth-order valence-corrected chi connectivity index (χ4v) is 2.36. The van der Waals surface area contributed by atoms with Crippen LogP contribution >= 0.6 is 11.3 Å². The third-order valence-corrected chi connectivity index (χ3v) is 3.37. The highest BCUT2D eigenvalue weighted by molar-refractivity contribution is 7.09. The smallest absolute Gasteiger partial charge is 0.0946 e. The van der Waals surface area contributed by atoms with Gasteiger partial charge in [0.25, 0.3) is 0 Å². The Labute approximate surface area is 105 Å². The maximum absolute atomic E-state index is 4.55. The number of thiazole rings is 1. The maximum atomic E-state index is 4.55. The van der Waals surface area contributed by atoms with Crippen molar-refractivity contribution in [2.75, 3.05) is 6.54 Å². The molecule has 0 fully saturated rings. The maximum Gasteiger partial charge on any atom is 0.0946 e. The molecule has 17 heavy (non-hydrogen) atoms. The zero-order valence-corrected chi connectivity index (χ0v) is 11.2. The summed E-state index contributed by atoms with van der Waals surface area (Å²) in [7, 11) is 1.90. The van der Waals surface area contributed by atoms with Gasteiger partial charge >= 0.3 is 0 Å². The first-order chi connectivity index (χ1) is 8.22. The summed E-state index contributed by atoms with van der Waals surface area (Å²) in [5.41, 5.74) is 2.09. The zero-order valence-electron chi connectivity index (χ0n) is 10.3. The Kier molecular flexibility index (Phi) is 3.86. The van der Waals surface area contributed by atoms with E-state index >= 15 is 0 Å². The highest BCUT2D eigenvalue weighted by Crippen LogP contribution is 2.22.